The zero-order chi connectivity index (χ0) is 15.4. The Bertz CT molecular complexity index is 677. The van der Waals surface area contributed by atoms with Gasteiger partial charge in [-0.15, -0.1) is 11.8 Å². The molecule has 2 rings (SSSR count). The second kappa shape index (κ2) is 7.16. The average Bonchev–Trinajstić information content (AvgIpc) is 2.43. The molecule has 0 aliphatic carbocycles. The second-order valence-electron chi connectivity index (χ2n) is 4.57. The number of hydrogen-bond acceptors (Lipinski definition) is 3. The van der Waals surface area contributed by atoms with E-state index in [9.17, 15) is 4.79 Å². The number of anilines is 1. The van der Waals surface area contributed by atoms with Crippen molar-refractivity contribution in [2.75, 3.05) is 11.1 Å². The van der Waals surface area contributed by atoms with Crippen LogP contribution in [0, 0.1) is 13.8 Å². The van der Waals surface area contributed by atoms with Crippen molar-refractivity contribution in [1.29, 1.82) is 0 Å². The Morgan fingerprint density at radius 3 is 2.67 bits per heavy atom. The average molecular weight is 341 g/mol. The predicted octanol–water partition coefficient (Wildman–Crippen LogP) is 4.74. The lowest BCUT2D eigenvalue weighted by molar-refractivity contribution is -0.113. The van der Waals surface area contributed by atoms with E-state index in [0.717, 1.165) is 4.90 Å². The monoisotopic (exact) mass is 340 g/mol. The predicted molar refractivity (Wildman–Crippen MR) is 89.5 cm³/mol. The number of nitrogens with zero attached hydrogens (tertiary/aromatic N) is 1. The molecule has 1 amide bonds. The lowest BCUT2D eigenvalue weighted by Gasteiger charge is -2.07. The maximum Gasteiger partial charge on any atom is 0.235 e. The van der Waals surface area contributed by atoms with Gasteiger partial charge in [0, 0.05) is 11.1 Å². The van der Waals surface area contributed by atoms with Crippen molar-refractivity contribution in [3.63, 3.8) is 0 Å². The Morgan fingerprint density at radius 2 is 2.00 bits per heavy atom. The van der Waals surface area contributed by atoms with Gasteiger partial charge in [-0.3, -0.25) is 4.79 Å². The summed E-state index contributed by atoms with van der Waals surface area (Å²) >= 11 is 13.2. The highest BCUT2D eigenvalue weighted by molar-refractivity contribution is 8.00. The molecule has 1 heterocycles. The molecule has 0 radical (unpaired) electrons. The molecular formula is C15H14Cl2N2OS. The molecule has 0 bridgehead atoms. The summed E-state index contributed by atoms with van der Waals surface area (Å²) in [7, 11) is 0. The van der Waals surface area contributed by atoms with Crippen LogP contribution < -0.4 is 5.32 Å². The molecule has 0 unspecified atom stereocenters. The minimum atomic E-state index is -0.157. The molecule has 0 fully saturated rings. The lowest BCUT2D eigenvalue weighted by atomic mass is 10.1. The molecule has 3 nitrogen and oxygen atoms in total. The molecule has 0 spiro atoms. The first-order valence-electron chi connectivity index (χ1n) is 6.26. The fraction of sp³-hybridized carbons (Fsp3) is 0.200. The number of carbonyl (C=O) groups is 1. The summed E-state index contributed by atoms with van der Waals surface area (Å²) in [5.41, 5.74) is 2.45. The molecule has 6 heteroatoms. The fourth-order valence-electron chi connectivity index (χ4n) is 1.63. The number of aryl methyl sites for hydroxylation is 2. The summed E-state index contributed by atoms with van der Waals surface area (Å²) < 4.78 is 0. The van der Waals surface area contributed by atoms with Gasteiger partial charge in [0.15, 0.2) is 5.82 Å². The third kappa shape index (κ3) is 4.63. The molecular weight excluding hydrogens is 327 g/mol. The Balaban J connectivity index is 1.94. The molecule has 1 aromatic heterocycles. The minimum Gasteiger partial charge on any atom is -0.309 e. The van der Waals surface area contributed by atoms with Crippen LogP contribution in [-0.4, -0.2) is 16.6 Å². The third-order valence-electron chi connectivity index (χ3n) is 2.91. The highest BCUT2D eigenvalue weighted by Crippen LogP contribution is 2.24. The van der Waals surface area contributed by atoms with Crippen LogP contribution in [0.15, 0.2) is 35.4 Å². The molecule has 0 aliphatic heterocycles. The molecule has 2 aromatic rings. The van der Waals surface area contributed by atoms with Gasteiger partial charge in [0.2, 0.25) is 5.91 Å². The Kier molecular flexibility index (Phi) is 5.51. The van der Waals surface area contributed by atoms with Gasteiger partial charge < -0.3 is 5.32 Å². The van der Waals surface area contributed by atoms with Gasteiger partial charge in [0.1, 0.15) is 0 Å². The second-order valence-corrected chi connectivity index (χ2v) is 6.46. The van der Waals surface area contributed by atoms with Gasteiger partial charge in [-0.1, -0.05) is 29.3 Å². The Morgan fingerprint density at radius 1 is 1.24 bits per heavy atom. The number of pyridine rings is 1. The number of halogens is 2. The van der Waals surface area contributed by atoms with E-state index in [1.165, 1.54) is 29.1 Å². The van der Waals surface area contributed by atoms with Crippen molar-refractivity contribution < 1.29 is 4.79 Å². The first-order chi connectivity index (χ1) is 9.95. The van der Waals surface area contributed by atoms with Crippen LogP contribution in [0.5, 0.6) is 0 Å². The van der Waals surface area contributed by atoms with Crippen molar-refractivity contribution in [3.8, 4) is 0 Å². The van der Waals surface area contributed by atoms with E-state index >= 15 is 0 Å². The van der Waals surface area contributed by atoms with Crippen LogP contribution in [0.3, 0.4) is 0 Å². The number of amides is 1. The summed E-state index contributed by atoms with van der Waals surface area (Å²) in [6.07, 6.45) is 1.44. The molecule has 1 N–H and O–H groups in total. The Labute approximate surface area is 138 Å². The highest BCUT2D eigenvalue weighted by Gasteiger charge is 2.08. The van der Waals surface area contributed by atoms with Crippen molar-refractivity contribution in [2.24, 2.45) is 0 Å². The molecule has 21 heavy (non-hydrogen) atoms. The van der Waals surface area contributed by atoms with Crippen molar-refractivity contribution in [3.05, 3.63) is 51.6 Å². The van der Waals surface area contributed by atoms with Gasteiger partial charge in [-0.25, -0.2) is 4.98 Å². The molecule has 1 aromatic carbocycles. The van der Waals surface area contributed by atoms with E-state index in [-0.39, 0.29) is 5.91 Å². The largest absolute Gasteiger partial charge is 0.309 e. The van der Waals surface area contributed by atoms with Gasteiger partial charge >= 0.3 is 0 Å². The van der Waals surface area contributed by atoms with Gasteiger partial charge in [0.25, 0.3) is 0 Å². The molecule has 110 valence electrons. The molecule has 0 atom stereocenters. The van der Waals surface area contributed by atoms with Gasteiger partial charge in [-0.2, -0.15) is 0 Å². The number of rotatable bonds is 4. The topological polar surface area (TPSA) is 42.0 Å². The summed E-state index contributed by atoms with van der Waals surface area (Å²) in [5, 5.41) is 3.43. The summed E-state index contributed by atoms with van der Waals surface area (Å²) in [4.78, 5) is 17.0. The van der Waals surface area contributed by atoms with Crippen molar-refractivity contribution in [1.82, 2.24) is 4.98 Å². The normalized spacial score (nSPS) is 10.5. The molecule has 0 aliphatic rings. The third-order valence-corrected chi connectivity index (χ3v) is 4.40. The van der Waals surface area contributed by atoms with Crippen LogP contribution in [0.1, 0.15) is 11.1 Å². The number of thioether (sulfide) groups is 1. The zero-order valence-corrected chi connectivity index (χ0v) is 13.9. The van der Waals surface area contributed by atoms with E-state index in [1.807, 2.05) is 12.1 Å². The van der Waals surface area contributed by atoms with Crippen LogP contribution >= 0.6 is 35.0 Å². The summed E-state index contributed by atoms with van der Waals surface area (Å²) in [5.74, 6) is 0.463. The maximum atomic E-state index is 11.9. The Hall–Kier alpha value is -1.23. The first-order valence-corrected chi connectivity index (χ1v) is 8.01. The van der Waals surface area contributed by atoms with Gasteiger partial charge in [-0.05, 0) is 43.2 Å². The van der Waals surface area contributed by atoms with E-state index in [1.54, 1.807) is 6.07 Å². The number of aromatic nitrogens is 1. The number of nitrogens with one attached hydrogen (secondary N) is 1. The van der Waals surface area contributed by atoms with Crippen molar-refractivity contribution >= 4 is 46.7 Å². The van der Waals surface area contributed by atoms with Gasteiger partial charge in [0.05, 0.1) is 15.8 Å². The summed E-state index contributed by atoms with van der Waals surface area (Å²) in [6, 6.07) is 7.67. The standard InChI is InChI=1S/C15H14Cl2N2OS/c1-9-3-4-12(5-10(9)2)21-8-14(20)19-15-13(17)6-11(16)7-18-15/h3-7H,8H2,1-2H3,(H,18,19,20). The van der Waals surface area contributed by atoms with Crippen LogP contribution in [0.4, 0.5) is 5.82 Å². The number of carbonyl (C=O) groups excluding carboxylic acids is 1. The summed E-state index contributed by atoms with van der Waals surface area (Å²) in [6.45, 7) is 4.11. The first kappa shape index (κ1) is 16.1. The zero-order valence-electron chi connectivity index (χ0n) is 11.6. The molecule has 0 saturated carbocycles. The fourth-order valence-corrected chi connectivity index (χ4v) is 2.85. The number of benzene rings is 1. The van der Waals surface area contributed by atoms with Crippen LogP contribution in [-0.2, 0) is 4.79 Å². The maximum absolute atomic E-state index is 11.9. The van der Waals surface area contributed by atoms with E-state index in [2.05, 4.69) is 30.2 Å². The lowest BCUT2D eigenvalue weighted by Crippen LogP contribution is -2.15. The van der Waals surface area contributed by atoms with E-state index in [4.69, 9.17) is 23.2 Å². The van der Waals surface area contributed by atoms with Crippen molar-refractivity contribution in [2.45, 2.75) is 18.7 Å². The van der Waals surface area contributed by atoms with E-state index < -0.39 is 0 Å². The smallest absolute Gasteiger partial charge is 0.235 e. The van der Waals surface area contributed by atoms with Crippen LogP contribution in [0.2, 0.25) is 10.0 Å². The quantitative estimate of drug-likeness (QED) is 0.817. The SMILES string of the molecule is Cc1ccc(SCC(=O)Nc2ncc(Cl)cc2Cl)cc1C. The van der Waals surface area contributed by atoms with E-state index in [0.29, 0.717) is 21.6 Å². The van der Waals surface area contributed by atoms with Crippen LogP contribution in [0.25, 0.3) is 0 Å². The molecule has 0 saturated heterocycles. The minimum absolute atomic E-state index is 0.157. The highest BCUT2D eigenvalue weighted by atomic mass is 35.5. The number of hydrogen-bond donors (Lipinski definition) is 1.